The third-order valence-electron chi connectivity index (χ3n) is 3.58. The van der Waals surface area contributed by atoms with Crippen LogP contribution in [0.4, 0.5) is 0 Å². The third-order valence-corrected chi connectivity index (χ3v) is 5.64. The standard InChI is InChI=1S/C16H14O6S/c1-9-5-3-4-6-13(9)23(19,20)14-8-12-11(7-10(14)2)21-16(22-12)15(17)18/h3-8,16H,1-2H3,(H,17,18). The average Bonchev–Trinajstić information content (AvgIpc) is 2.89. The summed E-state index contributed by atoms with van der Waals surface area (Å²) in [6, 6.07) is 9.46. The van der Waals surface area contributed by atoms with Crippen molar-refractivity contribution in [3.05, 3.63) is 47.5 Å². The van der Waals surface area contributed by atoms with Gasteiger partial charge in [0.15, 0.2) is 11.5 Å². The molecular formula is C16H14O6S. The third kappa shape index (κ3) is 2.53. The minimum absolute atomic E-state index is 0.0696. The molecule has 1 heterocycles. The molecular weight excluding hydrogens is 320 g/mol. The fourth-order valence-electron chi connectivity index (χ4n) is 2.45. The molecule has 0 spiro atoms. The minimum atomic E-state index is -3.74. The number of hydrogen-bond donors (Lipinski definition) is 1. The Morgan fingerprint density at radius 2 is 1.61 bits per heavy atom. The highest BCUT2D eigenvalue weighted by atomic mass is 32.2. The van der Waals surface area contributed by atoms with Crippen molar-refractivity contribution in [1.29, 1.82) is 0 Å². The number of hydrogen-bond acceptors (Lipinski definition) is 5. The highest BCUT2D eigenvalue weighted by Crippen LogP contribution is 2.40. The topological polar surface area (TPSA) is 89.9 Å². The minimum Gasteiger partial charge on any atom is -0.476 e. The number of aliphatic carboxylic acids is 1. The molecule has 1 N–H and O–H groups in total. The molecule has 120 valence electrons. The Morgan fingerprint density at radius 1 is 1.00 bits per heavy atom. The lowest BCUT2D eigenvalue weighted by Crippen LogP contribution is -2.28. The number of rotatable bonds is 3. The maximum absolute atomic E-state index is 12.9. The largest absolute Gasteiger partial charge is 0.476 e. The molecule has 0 aliphatic carbocycles. The van der Waals surface area contributed by atoms with Crippen molar-refractivity contribution in [2.24, 2.45) is 0 Å². The second kappa shape index (κ2) is 5.27. The van der Waals surface area contributed by atoms with E-state index in [1.807, 2.05) is 0 Å². The highest BCUT2D eigenvalue weighted by molar-refractivity contribution is 7.91. The van der Waals surface area contributed by atoms with Crippen LogP contribution in [0.2, 0.25) is 0 Å². The molecule has 23 heavy (non-hydrogen) atoms. The summed E-state index contributed by atoms with van der Waals surface area (Å²) in [6.07, 6.45) is -1.46. The number of carboxylic acids is 1. The fraction of sp³-hybridized carbons (Fsp3) is 0.188. The predicted molar refractivity (Wildman–Crippen MR) is 80.5 cm³/mol. The van der Waals surface area contributed by atoms with Crippen LogP contribution >= 0.6 is 0 Å². The van der Waals surface area contributed by atoms with E-state index in [9.17, 15) is 13.2 Å². The quantitative estimate of drug-likeness (QED) is 0.926. The Morgan fingerprint density at radius 3 is 2.22 bits per heavy atom. The molecule has 0 aromatic heterocycles. The van der Waals surface area contributed by atoms with E-state index < -0.39 is 22.1 Å². The van der Waals surface area contributed by atoms with Crippen LogP contribution in [-0.4, -0.2) is 25.8 Å². The van der Waals surface area contributed by atoms with Crippen LogP contribution in [-0.2, 0) is 14.6 Å². The van der Waals surface area contributed by atoms with Crippen LogP contribution in [0.25, 0.3) is 0 Å². The Hall–Kier alpha value is -2.54. The molecule has 0 fully saturated rings. The first kappa shape index (κ1) is 15.4. The van der Waals surface area contributed by atoms with Gasteiger partial charge in [0.2, 0.25) is 9.84 Å². The number of benzene rings is 2. The molecule has 3 rings (SSSR count). The zero-order valence-electron chi connectivity index (χ0n) is 12.4. The molecule has 0 amide bonds. The number of fused-ring (bicyclic) bond motifs is 1. The molecule has 6 nitrogen and oxygen atoms in total. The smallest absolute Gasteiger partial charge is 0.387 e. The highest BCUT2D eigenvalue weighted by Gasteiger charge is 2.33. The van der Waals surface area contributed by atoms with Crippen LogP contribution in [0.15, 0.2) is 46.2 Å². The number of sulfone groups is 1. The zero-order chi connectivity index (χ0) is 16.8. The monoisotopic (exact) mass is 334 g/mol. The normalized spacial score (nSPS) is 16.3. The molecule has 1 aliphatic heterocycles. The average molecular weight is 334 g/mol. The molecule has 1 aliphatic rings. The molecule has 0 saturated heterocycles. The van der Waals surface area contributed by atoms with Gasteiger partial charge in [0.25, 0.3) is 0 Å². The Bertz CT molecular complexity index is 901. The van der Waals surface area contributed by atoms with Gasteiger partial charge in [0, 0.05) is 6.07 Å². The summed E-state index contributed by atoms with van der Waals surface area (Å²) in [4.78, 5) is 11.2. The number of carboxylic acid groups (broad SMARTS) is 1. The van der Waals surface area contributed by atoms with E-state index in [1.54, 1.807) is 32.0 Å². The van der Waals surface area contributed by atoms with E-state index in [-0.39, 0.29) is 21.3 Å². The van der Waals surface area contributed by atoms with E-state index in [2.05, 4.69) is 0 Å². The summed E-state index contributed by atoms with van der Waals surface area (Å²) >= 11 is 0. The van der Waals surface area contributed by atoms with Gasteiger partial charge in [-0.3, -0.25) is 0 Å². The summed E-state index contributed by atoms with van der Waals surface area (Å²) in [7, 11) is -3.74. The summed E-state index contributed by atoms with van der Waals surface area (Å²) in [5.41, 5.74) is 1.09. The van der Waals surface area contributed by atoms with E-state index in [1.165, 1.54) is 18.2 Å². The van der Waals surface area contributed by atoms with Gasteiger partial charge in [-0.15, -0.1) is 0 Å². The maximum Gasteiger partial charge on any atom is 0.387 e. The molecule has 1 atom stereocenters. The van der Waals surface area contributed by atoms with Gasteiger partial charge in [-0.2, -0.15) is 0 Å². The van der Waals surface area contributed by atoms with Crippen molar-refractivity contribution >= 4 is 15.8 Å². The van der Waals surface area contributed by atoms with Crippen molar-refractivity contribution in [3.63, 3.8) is 0 Å². The molecule has 0 bridgehead atoms. The second-order valence-corrected chi connectivity index (χ2v) is 7.13. The van der Waals surface area contributed by atoms with E-state index in [4.69, 9.17) is 14.6 Å². The Kier molecular flexibility index (Phi) is 3.52. The van der Waals surface area contributed by atoms with Crippen molar-refractivity contribution in [3.8, 4) is 11.5 Å². The predicted octanol–water partition coefficient (Wildman–Crippen LogP) is 2.32. The first-order chi connectivity index (χ1) is 10.8. The van der Waals surface area contributed by atoms with Gasteiger partial charge in [-0.1, -0.05) is 18.2 Å². The lowest BCUT2D eigenvalue weighted by molar-refractivity contribution is -0.154. The molecule has 0 saturated carbocycles. The maximum atomic E-state index is 12.9. The molecule has 2 aromatic rings. The molecule has 0 radical (unpaired) electrons. The summed E-state index contributed by atoms with van der Waals surface area (Å²) in [5.74, 6) is -0.948. The SMILES string of the molecule is Cc1ccccc1S(=O)(=O)c1cc2c(cc1C)OC(C(=O)O)O2. The van der Waals surface area contributed by atoms with Gasteiger partial charge in [0.1, 0.15) is 0 Å². The fourth-order valence-corrected chi connectivity index (χ4v) is 4.18. The van der Waals surface area contributed by atoms with Gasteiger partial charge in [0.05, 0.1) is 9.79 Å². The lowest BCUT2D eigenvalue weighted by atomic mass is 10.2. The van der Waals surface area contributed by atoms with Crippen molar-refractivity contribution < 1.29 is 27.8 Å². The molecule has 7 heteroatoms. The van der Waals surface area contributed by atoms with E-state index in [0.29, 0.717) is 11.1 Å². The van der Waals surface area contributed by atoms with Gasteiger partial charge >= 0.3 is 12.3 Å². The summed E-state index contributed by atoms with van der Waals surface area (Å²) in [6.45, 7) is 3.35. The van der Waals surface area contributed by atoms with Crippen LogP contribution in [0.5, 0.6) is 11.5 Å². The first-order valence-corrected chi connectivity index (χ1v) is 8.30. The first-order valence-electron chi connectivity index (χ1n) is 6.82. The summed E-state index contributed by atoms with van der Waals surface area (Å²) in [5, 5.41) is 8.93. The van der Waals surface area contributed by atoms with Gasteiger partial charge < -0.3 is 14.6 Å². The Labute approximate surface area is 133 Å². The van der Waals surface area contributed by atoms with Crippen LogP contribution < -0.4 is 9.47 Å². The second-order valence-electron chi connectivity index (χ2n) is 5.24. The van der Waals surface area contributed by atoms with Crippen molar-refractivity contribution in [2.45, 2.75) is 29.9 Å². The number of carbonyl (C=O) groups is 1. The zero-order valence-corrected chi connectivity index (χ0v) is 13.3. The number of aryl methyl sites for hydroxylation is 2. The van der Waals surface area contributed by atoms with Crippen LogP contribution in [0.1, 0.15) is 11.1 Å². The lowest BCUT2D eigenvalue weighted by Gasteiger charge is -2.11. The van der Waals surface area contributed by atoms with Crippen molar-refractivity contribution in [2.75, 3.05) is 0 Å². The molecule has 1 unspecified atom stereocenters. The Balaban J connectivity index is 2.11. The number of ether oxygens (including phenoxy) is 2. The van der Waals surface area contributed by atoms with Crippen LogP contribution in [0.3, 0.4) is 0 Å². The van der Waals surface area contributed by atoms with Gasteiger partial charge in [-0.05, 0) is 37.1 Å². The van der Waals surface area contributed by atoms with Gasteiger partial charge in [-0.25, -0.2) is 13.2 Å². The summed E-state index contributed by atoms with van der Waals surface area (Å²) < 4.78 is 36.0. The molecule has 2 aromatic carbocycles. The van der Waals surface area contributed by atoms with Crippen molar-refractivity contribution in [1.82, 2.24) is 0 Å². The van der Waals surface area contributed by atoms with E-state index >= 15 is 0 Å². The van der Waals surface area contributed by atoms with E-state index in [0.717, 1.165) is 0 Å². The van der Waals surface area contributed by atoms with Crippen LogP contribution in [0, 0.1) is 13.8 Å².